The molecular weight excluding hydrogens is 315 g/mol. The van der Waals surface area contributed by atoms with Crippen molar-refractivity contribution in [3.8, 4) is 16.9 Å². The van der Waals surface area contributed by atoms with Gasteiger partial charge in [-0.15, -0.1) is 0 Å². The molecule has 128 valence electrons. The highest BCUT2D eigenvalue weighted by Gasteiger charge is 2.30. The van der Waals surface area contributed by atoms with E-state index in [1.807, 2.05) is 18.2 Å². The first-order chi connectivity index (χ1) is 11.4. The van der Waals surface area contributed by atoms with Crippen LogP contribution in [0.4, 0.5) is 13.2 Å². The van der Waals surface area contributed by atoms with Crippen LogP contribution in [-0.4, -0.2) is 32.1 Å². The van der Waals surface area contributed by atoms with Gasteiger partial charge in [0, 0.05) is 12.5 Å². The number of halogens is 3. The van der Waals surface area contributed by atoms with Crippen molar-refractivity contribution >= 4 is 0 Å². The van der Waals surface area contributed by atoms with Crippen LogP contribution in [0.15, 0.2) is 42.5 Å². The third-order valence-electron chi connectivity index (χ3n) is 4.61. The van der Waals surface area contributed by atoms with Crippen LogP contribution in [-0.2, 0) is 6.18 Å². The van der Waals surface area contributed by atoms with Crippen LogP contribution < -0.4 is 4.74 Å². The normalized spacial score (nSPS) is 18.8. The van der Waals surface area contributed by atoms with Gasteiger partial charge in [-0.1, -0.05) is 18.2 Å². The summed E-state index contributed by atoms with van der Waals surface area (Å²) in [5.74, 6) is 1.23. The minimum absolute atomic E-state index is 0.388. The molecule has 3 rings (SSSR count). The minimum Gasteiger partial charge on any atom is -0.496 e. The number of ether oxygens (including phenoxy) is 1. The first-order valence-electron chi connectivity index (χ1n) is 7.92. The monoisotopic (exact) mass is 335 g/mol. The average Bonchev–Trinajstić information content (AvgIpc) is 3.00. The van der Waals surface area contributed by atoms with Crippen molar-refractivity contribution in [3.63, 3.8) is 0 Å². The molecule has 0 N–H and O–H groups in total. The molecule has 1 heterocycles. The predicted octanol–water partition coefficient (Wildman–Crippen LogP) is 4.80. The number of likely N-dealkylation sites (N-methyl/N-ethyl adjacent to an activating group) is 1. The molecule has 1 saturated heterocycles. The first-order valence-corrected chi connectivity index (χ1v) is 7.92. The van der Waals surface area contributed by atoms with Crippen LogP contribution in [0.25, 0.3) is 11.1 Å². The molecule has 1 fully saturated rings. The Morgan fingerprint density at radius 2 is 1.71 bits per heavy atom. The first kappa shape index (κ1) is 16.8. The SMILES string of the molecule is COc1ccc(-c2ccc(C(F)(F)F)cc2)cc1C1CCN(C)C1. The molecule has 0 radical (unpaired) electrons. The Hall–Kier alpha value is -2.01. The van der Waals surface area contributed by atoms with Gasteiger partial charge in [0.25, 0.3) is 0 Å². The molecule has 2 aromatic rings. The topological polar surface area (TPSA) is 12.5 Å². The zero-order valence-electron chi connectivity index (χ0n) is 13.7. The number of hydrogen-bond donors (Lipinski definition) is 0. The standard InChI is InChI=1S/C19H20F3NO/c1-23-10-9-15(12-23)17-11-14(5-8-18(17)24-2)13-3-6-16(7-4-13)19(20,21)22/h3-8,11,15H,9-10,12H2,1-2H3. The van der Waals surface area contributed by atoms with E-state index in [-0.39, 0.29) is 0 Å². The summed E-state index contributed by atoms with van der Waals surface area (Å²) in [6, 6.07) is 11.1. The zero-order chi connectivity index (χ0) is 17.3. The molecule has 1 aliphatic rings. The largest absolute Gasteiger partial charge is 0.496 e. The van der Waals surface area contributed by atoms with Crippen LogP contribution in [0.5, 0.6) is 5.75 Å². The summed E-state index contributed by atoms with van der Waals surface area (Å²) < 4.78 is 43.6. The van der Waals surface area contributed by atoms with Crippen LogP contribution in [0.3, 0.4) is 0 Å². The second-order valence-electron chi connectivity index (χ2n) is 6.28. The van der Waals surface area contributed by atoms with Crippen molar-refractivity contribution in [3.05, 3.63) is 53.6 Å². The summed E-state index contributed by atoms with van der Waals surface area (Å²) in [4.78, 5) is 2.27. The smallest absolute Gasteiger partial charge is 0.416 e. The molecule has 0 spiro atoms. The highest BCUT2D eigenvalue weighted by atomic mass is 19.4. The van der Waals surface area contributed by atoms with Gasteiger partial charge in [0.15, 0.2) is 0 Å². The van der Waals surface area contributed by atoms with Crippen molar-refractivity contribution in [2.45, 2.75) is 18.5 Å². The molecule has 24 heavy (non-hydrogen) atoms. The third kappa shape index (κ3) is 3.41. The fourth-order valence-corrected chi connectivity index (χ4v) is 3.27. The Balaban J connectivity index is 1.94. The number of alkyl halides is 3. The van der Waals surface area contributed by atoms with E-state index in [0.29, 0.717) is 5.92 Å². The number of methoxy groups -OCH3 is 1. The Labute approximate surface area is 139 Å². The van der Waals surface area contributed by atoms with Gasteiger partial charge in [-0.3, -0.25) is 0 Å². The highest BCUT2D eigenvalue weighted by molar-refractivity contribution is 5.66. The van der Waals surface area contributed by atoms with E-state index < -0.39 is 11.7 Å². The number of benzene rings is 2. The summed E-state index contributed by atoms with van der Waals surface area (Å²) in [6.07, 6.45) is -3.25. The lowest BCUT2D eigenvalue weighted by Gasteiger charge is -2.17. The predicted molar refractivity (Wildman–Crippen MR) is 88.3 cm³/mol. The van der Waals surface area contributed by atoms with Gasteiger partial charge in [0.1, 0.15) is 5.75 Å². The van der Waals surface area contributed by atoms with E-state index in [1.165, 1.54) is 12.1 Å². The number of likely N-dealkylation sites (tertiary alicyclic amines) is 1. The zero-order valence-corrected chi connectivity index (χ0v) is 13.7. The molecule has 1 atom stereocenters. The van der Waals surface area contributed by atoms with Gasteiger partial charge >= 0.3 is 6.18 Å². The average molecular weight is 335 g/mol. The summed E-state index contributed by atoms with van der Waals surface area (Å²) in [5.41, 5.74) is 2.18. The molecule has 5 heteroatoms. The molecule has 2 nitrogen and oxygen atoms in total. The molecular formula is C19H20F3NO. The molecule has 1 aliphatic heterocycles. The maximum atomic E-state index is 12.7. The van der Waals surface area contributed by atoms with E-state index in [0.717, 1.165) is 54.1 Å². The maximum absolute atomic E-state index is 12.7. The molecule has 0 aliphatic carbocycles. The van der Waals surface area contributed by atoms with Crippen molar-refractivity contribution < 1.29 is 17.9 Å². The fraction of sp³-hybridized carbons (Fsp3) is 0.368. The van der Waals surface area contributed by atoms with Crippen molar-refractivity contribution in [2.24, 2.45) is 0 Å². The number of nitrogens with zero attached hydrogens (tertiary/aromatic N) is 1. The van der Waals surface area contributed by atoms with E-state index in [1.54, 1.807) is 7.11 Å². The van der Waals surface area contributed by atoms with Gasteiger partial charge in [-0.2, -0.15) is 13.2 Å². The van der Waals surface area contributed by atoms with Gasteiger partial charge in [-0.25, -0.2) is 0 Å². The van der Waals surface area contributed by atoms with Crippen molar-refractivity contribution in [1.82, 2.24) is 4.90 Å². The van der Waals surface area contributed by atoms with Gasteiger partial charge < -0.3 is 9.64 Å². The Morgan fingerprint density at radius 1 is 1.04 bits per heavy atom. The van der Waals surface area contributed by atoms with Crippen LogP contribution in [0.2, 0.25) is 0 Å². The molecule has 2 aromatic carbocycles. The lowest BCUT2D eigenvalue weighted by Crippen LogP contribution is -2.13. The van der Waals surface area contributed by atoms with Gasteiger partial charge in [-0.05, 0) is 61.0 Å². The van der Waals surface area contributed by atoms with Gasteiger partial charge in [0.05, 0.1) is 12.7 Å². The molecule has 0 saturated carbocycles. The van der Waals surface area contributed by atoms with Crippen LogP contribution >= 0.6 is 0 Å². The summed E-state index contributed by atoms with van der Waals surface area (Å²) >= 11 is 0. The van der Waals surface area contributed by atoms with Crippen LogP contribution in [0.1, 0.15) is 23.5 Å². The lowest BCUT2D eigenvalue weighted by molar-refractivity contribution is -0.137. The summed E-state index contributed by atoms with van der Waals surface area (Å²) in [5, 5.41) is 0. The second-order valence-corrected chi connectivity index (χ2v) is 6.28. The maximum Gasteiger partial charge on any atom is 0.416 e. The van der Waals surface area contributed by atoms with Gasteiger partial charge in [0.2, 0.25) is 0 Å². The highest BCUT2D eigenvalue weighted by Crippen LogP contribution is 2.37. The number of hydrogen-bond acceptors (Lipinski definition) is 2. The quantitative estimate of drug-likeness (QED) is 0.799. The van der Waals surface area contributed by atoms with Crippen LogP contribution in [0, 0.1) is 0 Å². The van der Waals surface area contributed by atoms with E-state index in [9.17, 15) is 13.2 Å². The molecule has 0 bridgehead atoms. The Morgan fingerprint density at radius 3 is 2.25 bits per heavy atom. The second kappa shape index (κ2) is 6.48. The van der Waals surface area contributed by atoms with E-state index in [4.69, 9.17) is 4.74 Å². The minimum atomic E-state index is -4.31. The summed E-state index contributed by atoms with van der Waals surface area (Å²) in [7, 11) is 3.74. The Kier molecular flexibility index (Phi) is 4.54. The number of rotatable bonds is 3. The molecule has 0 amide bonds. The van der Waals surface area contributed by atoms with E-state index >= 15 is 0 Å². The third-order valence-corrected chi connectivity index (χ3v) is 4.61. The fourth-order valence-electron chi connectivity index (χ4n) is 3.27. The molecule has 1 unspecified atom stereocenters. The Bertz CT molecular complexity index is 710. The van der Waals surface area contributed by atoms with Crippen molar-refractivity contribution in [2.75, 3.05) is 27.2 Å². The lowest BCUT2D eigenvalue weighted by atomic mass is 9.93. The van der Waals surface area contributed by atoms with E-state index in [2.05, 4.69) is 11.9 Å². The van der Waals surface area contributed by atoms with Crippen molar-refractivity contribution in [1.29, 1.82) is 0 Å². The molecule has 0 aromatic heterocycles. The summed E-state index contributed by atoms with van der Waals surface area (Å²) in [6.45, 7) is 2.01.